The van der Waals surface area contributed by atoms with Gasteiger partial charge in [-0.25, -0.2) is 0 Å². The van der Waals surface area contributed by atoms with E-state index in [-0.39, 0.29) is 11.3 Å². The van der Waals surface area contributed by atoms with E-state index in [9.17, 15) is 9.59 Å². The Labute approximate surface area is 167 Å². The zero-order valence-electron chi connectivity index (χ0n) is 16.8. The molecule has 28 heavy (non-hydrogen) atoms. The summed E-state index contributed by atoms with van der Waals surface area (Å²) in [6.07, 6.45) is 5.93. The van der Waals surface area contributed by atoms with Crippen LogP contribution in [0.1, 0.15) is 38.3 Å². The van der Waals surface area contributed by atoms with Crippen molar-refractivity contribution in [2.75, 3.05) is 0 Å². The summed E-state index contributed by atoms with van der Waals surface area (Å²) in [5.41, 5.74) is 1.78. The molecule has 2 rings (SSSR count). The third kappa shape index (κ3) is 6.59. The van der Waals surface area contributed by atoms with Crippen molar-refractivity contribution in [2.45, 2.75) is 46.3 Å². The van der Waals surface area contributed by atoms with Crippen LogP contribution in [-0.2, 0) is 22.7 Å². The second-order valence-corrected chi connectivity index (χ2v) is 8.05. The first-order valence-electron chi connectivity index (χ1n) is 9.43. The largest absolute Gasteiger partial charge is 0.350 e. The van der Waals surface area contributed by atoms with Gasteiger partial charge in [0, 0.05) is 13.1 Å². The van der Waals surface area contributed by atoms with E-state index in [1.165, 1.54) is 4.90 Å². The summed E-state index contributed by atoms with van der Waals surface area (Å²) in [5.74, 6) is 1.51. The topological polar surface area (TPSA) is 49.4 Å². The standard InChI is InChI=1S/C24H28N2O2/c1-5-22(27)26(18-20-14-10-7-11-15-20)21(16-24(2,3)4)23(28)25-17-19-12-8-6-9-13-19/h1,6-15,21H,16-18H2,2-4H3,(H,25,28). The number of nitrogens with zero attached hydrogens (tertiary/aromatic N) is 1. The normalized spacial score (nSPS) is 11.9. The molecule has 0 aromatic heterocycles. The van der Waals surface area contributed by atoms with Crippen molar-refractivity contribution in [1.29, 1.82) is 0 Å². The van der Waals surface area contributed by atoms with E-state index in [0.29, 0.717) is 19.5 Å². The minimum Gasteiger partial charge on any atom is -0.350 e. The number of nitrogens with one attached hydrogen (secondary N) is 1. The molecule has 0 aliphatic rings. The van der Waals surface area contributed by atoms with Crippen LogP contribution in [0.3, 0.4) is 0 Å². The van der Waals surface area contributed by atoms with Gasteiger partial charge in [-0.15, -0.1) is 6.42 Å². The van der Waals surface area contributed by atoms with Crippen LogP contribution in [0.25, 0.3) is 0 Å². The van der Waals surface area contributed by atoms with E-state index in [2.05, 4.69) is 11.2 Å². The lowest BCUT2D eigenvalue weighted by Gasteiger charge is -2.34. The van der Waals surface area contributed by atoms with Gasteiger partial charge in [0.1, 0.15) is 6.04 Å². The Bertz CT molecular complexity index is 817. The third-order valence-corrected chi connectivity index (χ3v) is 4.37. The maximum Gasteiger partial charge on any atom is 0.299 e. The Balaban J connectivity index is 2.24. The smallest absolute Gasteiger partial charge is 0.299 e. The molecule has 4 heteroatoms. The maximum atomic E-state index is 13.1. The molecule has 1 unspecified atom stereocenters. The Morgan fingerprint density at radius 1 is 1.00 bits per heavy atom. The first-order valence-corrected chi connectivity index (χ1v) is 9.43. The predicted molar refractivity (Wildman–Crippen MR) is 112 cm³/mol. The number of rotatable bonds is 7. The molecular formula is C24H28N2O2. The molecule has 1 N–H and O–H groups in total. The fourth-order valence-corrected chi connectivity index (χ4v) is 3.01. The molecule has 4 nitrogen and oxygen atoms in total. The predicted octanol–water partition coefficient (Wildman–Crippen LogP) is 3.77. The number of benzene rings is 2. The summed E-state index contributed by atoms with van der Waals surface area (Å²) < 4.78 is 0. The highest BCUT2D eigenvalue weighted by Gasteiger charge is 2.32. The molecule has 0 bridgehead atoms. The van der Waals surface area contributed by atoms with Gasteiger partial charge in [-0.05, 0) is 28.9 Å². The summed E-state index contributed by atoms with van der Waals surface area (Å²) in [6, 6.07) is 18.6. The Kier molecular flexibility index (Phi) is 7.40. The van der Waals surface area contributed by atoms with E-state index in [0.717, 1.165) is 11.1 Å². The van der Waals surface area contributed by atoms with Gasteiger partial charge in [0.2, 0.25) is 5.91 Å². The average molecular weight is 377 g/mol. The van der Waals surface area contributed by atoms with Crippen molar-refractivity contribution in [3.63, 3.8) is 0 Å². The van der Waals surface area contributed by atoms with Gasteiger partial charge in [-0.1, -0.05) is 81.4 Å². The lowest BCUT2D eigenvalue weighted by Crippen LogP contribution is -2.50. The van der Waals surface area contributed by atoms with Gasteiger partial charge in [0.25, 0.3) is 5.91 Å². The van der Waals surface area contributed by atoms with Crippen molar-refractivity contribution in [3.8, 4) is 12.3 Å². The molecular weight excluding hydrogens is 348 g/mol. The van der Waals surface area contributed by atoms with E-state index in [1.807, 2.05) is 81.4 Å². The molecule has 0 saturated heterocycles. The number of hydrogen-bond acceptors (Lipinski definition) is 2. The highest BCUT2D eigenvalue weighted by molar-refractivity contribution is 5.96. The Morgan fingerprint density at radius 2 is 1.54 bits per heavy atom. The minimum absolute atomic E-state index is 0.154. The summed E-state index contributed by atoms with van der Waals surface area (Å²) >= 11 is 0. The zero-order valence-corrected chi connectivity index (χ0v) is 16.8. The fraction of sp³-hybridized carbons (Fsp3) is 0.333. The van der Waals surface area contributed by atoms with Crippen LogP contribution in [-0.4, -0.2) is 22.8 Å². The molecule has 0 heterocycles. The van der Waals surface area contributed by atoms with Crippen LogP contribution in [0, 0.1) is 17.8 Å². The molecule has 0 aliphatic heterocycles. The minimum atomic E-state index is -0.646. The molecule has 146 valence electrons. The van der Waals surface area contributed by atoms with E-state index < -0.39 is 11.9 Å². The Morgan fingerprint density at radius 3 is 2.04 bits per heavy atom. The first-order chi connectivity index (χ1) is 13.3. The van der Waals surface area contributed by atoms with Crippen molar-refractivity contribution >= 4 is 11.8 Å². The van der Waals surface area contributed by atoms with Gasteiger partial charge in [0.05, 0.1) is 0 Å². The lowest BCUT2D eigenvalue weighted by atomic mass is 9.86. The number of amides is 2. The molecule has 0 radical (unpaired) electrons. The molecule has 0 spiro atoms. The van der Waals surface area contributed by atoms with Crippen LogP contribution >= 0.6 is 0 Å². The van der Waals surface area contributed by atoms with Gasteiger partial charge >= 0.3 is 0 Å². The van der Waals surface area contributed by atoms with Crippen LogP contribution in [0.4, 0.5) is 0 Å². The lowest BCUT2D eigenvalue weighted by molar-refractivity contribution is -0.138. The first kappa shape index (κ1) is 21.2. The highest BCUT2D eigenvalue weighted by Crippen LogP contribution is 2.25. The summed E-state index contributed by atoms with van der Waals surface area (Å²) in [4.78, 5) is 27.1. The van der Waals surface area contributed by atoms with Crippen molar-refractivity contribution < 1.29 is 9.59 Å². The number of carbonyl (C=O) groups excluding carboxylic acids is 2. The van der Waals surface area contributed by atoms with Gasteiger partial charge in [-0.3, -0.25) is 9.59 Å². The van der Waals surface area contributed by atoms with Crippen molar-refractivity contribution in [3.05, 3.63) is 71.8 Å². The molecule has 1 atom stereocenters. The molecule has 2 aromatic carbocycles. The number of hydrogen-bond donors (Lipinski definition) is 1. The van der Waals surface area contributed by atoms with Gasteiger partial charge < -0.3 is 10.2 Å². The van der Waals surface area contributed by atoms with Crippen LogP contribution in [0.2, 0.25) is 0 Å². The van der Waals surface area contributed by atoms with E-state index in [1.54, 1.807) is 0 Å². The molecule has 0 fully saturated rings. The molecule has 2 aromatic rings. The number of carbonyl (C=O) groups is 2. The molecule has 0 aliphatic carbocycles. The van der Waals surface area contributed by atoms with E-state index >= 15 is 0 Å². The number of terminal acetylenes is 1. The van der Waals surface area contributed by atoms with Crippen molar-refractivity contribution in [2.24, 2.45) is 5.41 Å². The highest BCUT2D eigenvalue weighted by atomic mass is 16.2. The van der Waals surface area contributed by atoms with Gasteiger partial charge in [0.15, 0.2) is 0 Å². The second-order valence-electron chi connectivity index (χ2n) is 8.05. The summed E-state index contributed by atoms with van der Waals surface area (Å²) in [6.45, 7) is 6.84. The fourth-order valence-electron chi connectivity index (χ4n) is 3.01. The van der Waals surface area contributed by atoms with Crippen LogP contribution < -0.4 is 5.32 Å². The summed E-state index contributed by atoms with van der Waals surface area (Å²) in [7, 11) is 0. The van der Waals surface area contributed by atoms with Gasteiger partial charge in [-0.2, -0.15) is 0 Å². The van der Waals surface area contributed by atoms with E-state index in [4.69, 9.17) is 6.42 Å². The van der Waals surface area contributed by atoms with Crippen molar-refractivity contribution in [1.82, 2.24) is 10.2 Å². The molecule has 2 amide bonds. The van der Waals surface area contributed by atoms with Crippen LogP contribution in [0.5, 0.6) is 0 Å². The summed E-state index contributed by atoms with van der Waals surface area (Å²) in [5, 5.41) is 2.97. The maximum absolute atomic E-state index is 13.1. The second kappa shape index (κ2) is 9.75. The van der Waals surface area contributed by atoms with Crippen LogP contribution in [0.15, 0.2) is 60.7 Å². The Hall–Kier alpha value is -3.06. The zero-order chi connectivity index (χ0) is 20.6. The quantitative estimate of drug-likeness (QED) is 0.748. The molecule has 0 saturated carbocycles. The SMILES string of the molecule is C#CC(=O)N(Cc1ccccc1)C(CC(C)(C)C)C(=O)NCc1ccccc1. The third-order valence-electron chi connectivity index (χ3n) is 4.37. The monoisotopic (exact) mass is 376 g/mol. The average Bonchev–Trinajstić information content (AvgIpc) is 2.69.